The van der Waals surface area contributed by atoms with E-state index in [1.54, 1.807) is 0 Å². The molecule has 2 unspecified atom stereocenters. The third kappa shape index (κ3) is 4.15. The minimum atomic E-state index is 0.564. The van der Waals surface area contributed by atoms with Gasteiger partial charge in [-0.3, -0.25) is 0 Å². The largest absolute Gasteiger partial charge is 0.314 e. The van der Waals surface area contributed by atoms with Crippen LogP contribution in [0, 0.1) is 5.92 Å². The maximum absolute atomic E-state index is 6.00. The molecule has 2 atom stereocenters. The molecule has 0 spiro atoms. The van der Waals surface area contributed by atoms with Gasteiger partial charge in [0.25, 0.3) is 0 Å². The van der Waals surface area contributed by atoms with Crippen molar-refractivity contribution >= 4 is 11.6 Å². The van der Waals surface area contributed by atoms with Crippen LogP contribution in [0.3, 0.4) is 0 Å². The first-order valence-corrected chi connectivity index (χ1v) is 6.53. The van der Waals surface area contributed by atoms with Gasteiger partial charge in [0.15, 0.2) is 0 Å². The summed E-state index contributed by atoms with van der Waals surface area (Å²) in [6.07, 6.45) is 2.30. The SMILES string of the molecule is CCNC(C)C(CC)Cc1cccc(Cl)c1. The summed E-state index contributed by atoms with van der Waals surface area (Å²) in [4.78, 5) is 0. The summed E-state index contributed by atoms with van der Waals surface area (Å²) in [6.45, 7) is 7.71. The fraction of sp³-hybridized carbons (Fsp3) is 0.571. The smallest absolute Gasteiger partial charge is 0.0408 e. The molecule has 0 bridgehead atoms. The molecule has 0 fully saturated rings. The molecule has 0 radical (unpaired) electrons. The van der Waals surface area contributed by atoms with Crippen molar-refractivity contribution in [3.63, 3.8) is 0 Å². The second-order valence-electron chi connectivity index (χ2n) is 4.35. The van der Waals surface area contributed by atoms with Gasteiger partial charge in [-0.2, -0.15) is 0 Å². The highest BCUT2D eigenvalue weighted by Gasteiger charge is 2.14. The summed E-state index contributed by atoms with van der Waals surface area (Å²) in [6, 6.07) is 8.76. The molecule has 0 aromatic heterocycles. The minimum Gasteiger partial charge on any atom is -0.314 e. The van der Waals surface area contributed by atoms with Crippen LogP contribution in [0.5, 0.6) is 0 Å². The van der Waals surface area contributed by atoms with E-state index in [-0.39, 0.29) is 0 Å². The van der Waals surface area contributed by atoms with E-state index < -0.39 is 0 Å². The van der Waals surface area contributed by atoms with Gasteiger partial charge in [0.1, 0.15) is 0 Å². The Morgan fingerprint density at radius 1 is 1.31 bits per heavy atom. The zero-order chi connectivity index (χ0) is 12.0. The van der Waals surface area contributed by atoms with Crippen LogP contribution in [-0.2, 0) is 6.42 Å². The standard InChI is InChI=1S/C14H22ClN/c1-4-13(11(3)16-5-2)9-12-7-6-8-14(15)10-12/h6-8,10-11,13,16H,4-5,9H2,1-3H3. The fourth-order valence-corrected chi connectivity index (χ4v) is 2.34. The fourth-order valence-electron chi connectivity index (χ4n) is 2.13. The van der Waals surface area contributed by atoms with Crippen molar-refractivity contribution < 1.29 is 0 Å². The number of hydrogen-bond donors (Lipinski definition) is 1. The normalized spacial score (nSPS) is 14.8. The first-order chi connectivity index (χ1) is 7.67. The monoisotopic (exact) mass is 239 g/mol. The zero-order valence-electron chi connectivity index (χ0n) is 10.5. The Morgan fingerprint density at radius 2 is 2.06 bits per heavy atom. The van der Waals surface area contributed by atoms with Gasteiger partial charge in [-0.25, -0.2) is 0 Å². The summed E-state index contributed by atoms with van der Waals surface area (Å²) < 4.78 is 0. The molecule has 1 aromatic carbocycles. The van der Waals surface area contributed by atoms with E-state index in [4.69, 9.17) is 11.6 Å². The number of rotatable bonds is 6. The van der Waals surface area contributed by atoms with Gasteiger partial charge in [-0.1, -0.05) is 44.0 Å². The molecule has 2 heteroatoms. The van der Waals surface area contributed by atoms with Gasteiger partial charge < -0.3 is 5.32 Å². The van der Waals surface area contributed by atoms with Crippen molar-refractivity contribution in [3.8, 4) is 0 Å². The second-order valence-corrected chi connectivity index (χ2v) is 4.79. The molecule has 0 heterocycles. The van der Waals surface area contributed by atoms with Crippen LogP contribution in [0.2, 0.25) is 5.02 Å². The summed E-state index contributed by atoms with van der Waals surface area (Å²) in [7, 11) is 0. The predicted octanol–water partition coefficient (Wildman–Crippen LogP) is 3.91. The molecule has 0 aliphatic rings. The molecule has 0 aliphatic carbocycles. The first kappa shape index (κ1) is 13.5. The third-order valence-electron chi connectivity index (χ3n) is 3.14. The molecule has 90 valence electrons. The lowest BCUT2D eigenvalue weighted by Gasteiger charge is -2.23. The quantitative estimate of drug-likeness (QED) is 0.794. The molecule has 0 aliphatic heterocycles. The highest BCUT2D eigenvalue weighted by Crippen LogP contribution is 2.18. The minimum absolute atomic E-state index is 0.564. The average Bonchev–Trinajstić information content (AvgIpc) is 2.26. The van der Waals surface area contributed by atoms with E-state index in [0.717, 1.165) is 18.0 Å². The Labute approximate surface area is 104 Å². The van der Waals surface area contributed by atoms with E-state index in [1.165, 1.54) is 12.0 Å². The van der Waals surface area contributed by atoms with Crippen LogP contribution in [0.15, 0.2) is 24.3 Å². The molecular formula is C14H22ClN. The van der Waals surface area contributed by atoms with Crippen molar-refractivity contribution in [2.24, 2.45) is 5.92 Å². The lowest BCUT2D eigenvalue weighted by atomic mass is 9.91. The molecule has 0 saturated heterocycles. The number of hydrogen-bond acceptors (Lipinski definition) is 1. The van der Waals surface area contributed by atoms with Crippen molar-refractivity contribution in [2.45, 2.75) is 39.7 Å². The van der Waals surface area contributed by atoms with Crippen LogP contribution in [-0.4, -0.2) is 12.6 Å². The predicted molar refractivity (Wildman–Crippen MR) is 72.1 cm³/mol. The van der Waals surface area contributed by atoms with Crippen LogP contribution in [0.4, 0.5) is 0 Å². The van der Waals surface area contributed by atoms with E-state index in [9.17, 15) is 0 Å². The molecule has 1 N–H and O–H groups in total. The molecule has 1 aromatic rings. The second kappa shape index (κ2) is 6.93. The number of benzene rings is 1. The van der Waals surface area contributed by atoms with Crippen molar-refractivity contribution in [2.75, 3.05) is 6.54 Å². The van der Waals surface area contributed by atoms with Crippen molar-refractivity contribution in [3.05, 3.63) is 34.9 Å². The lowest BCUT2D eigenvalue weighted by Crippen LogP contribution is -2.34. The molecule has 16 heavy (non-hydrogen) atoms. The third-order valence-corrected chi connectivity index (χ3v) is 3.38. The Morgan fingerprint density at radius 3 is 2.62 bits per heavy atom. The summed E-state index contributed by atoms with van der Waals surface area (Å²) in [5.41, 5.74) is 1.34. The molecular weight excluding hydrogens is 218 g/mol. The Hall–Kier alpha value is -0.530. The number of halogens is 1. The average molecular weight is 240 g/mol. The van der Waals surface area contributed by atoms with Gasteiger partial charge in [0, 0.05) is 11.1 Å². The van der Waals surface area contributed by atoms with Crippen molar-refractivity contribution in [1.29, 1.82) is 0 Å². The Bertz CT molecular complexity index is 311. The van der Waals surface area contributed by atoms with Gasteiger partial charge >= 0.3 is 0 Å². The molecule has 1 rings (SSSR count). The van der Waals surface area contributed by atoms with Crippen LogP contribution in [0.25, 0.3) is 0 Å². The highest BCUT2D eigenvalue weighted by molar-refractivity contribution is 6.30. The summed E-state index contributed by atoms with van der Waals surface area (Å²) in [5.74, 6) is 0.679. The van der Waals surface area contributed by atoms with Crippen LogP contribution >= 0.6 is 11.6 Å². The van der Waals surface area contributed by atoms with Gasteiger partial charge in [-0.05, 0) is 43.5 Å². The molecule has 1 nitrogen and oxygen atoms in total. The van der Waals surface area contributed by atoms with Crippen LogP contribution in [0.1, 0.15) is 32.8 Å². The van der Waals surface area contributed by atoms with E-state index in [0.29, 0.717) is 12.0 Å². The van der Waals surface area contributed by atoms with E-state index >= 15 is 0 Å². The van der Waals surface area contributed by atoms with E-state index in [2.05, 4.69) is 38.2 Å². The summed E-state index contributed by atoms with van der Waals surface area (Å²) in [5, 5.41) is 4.33. The topological polar surface area (TPSA) is 12.0 Å². The number of nitrogens with one attached hydrogen (secondary N) is 1. The molecule has 0 amide bonds. The summed E-state index contributed by atoms with van der Waals surface area (Å²) >= 11 is 6.00. The van der Waals surface area contributed by atoms with Gasteiger partial charge in [0.2, 0.25) is 0 Å². The first-order valence-electron chi connectivity index (χ1n) is 6.15. The Kier molecular flexibility index (Phi) is 5.86. The molecule has 0 saturated carbocycles. The zero-order valence-corrected chi connectivity index (χ0v) is 11.2. The van der Waals surface area contributed by atoms with Crippen LogP contribution < -0.4 is 5.32 Å². The van der Waals surface area contributed by atoms with Crippen molar-refractivity contribution in [1.82, 2.24) is 5.32 Å². The van der Waals surface area contributed by atoms with Gasteiger partial charge in [0.05, 0.1) is 0 Å². The lowest BCUT2D eigenvalue weighted by molar-refractivity contribution is 0.368. The van der Waals surface area contributed by atoms with E-state index in [1.807, 2.05) is 12.1 Å². The van der Waals surface area contributed by atoms with Gasteiger partial charge in [-0.15, -0.1) is 0 Å². The maximum Gasteiger partial charge on any atom is 0.0408 e. The maximum atomic E-state index is 6.00. The highest BCUT2D eigenvalue weighted by atomic mass is 35.5. The Balaban J connectivity index is 2.62.